The summed E-state index contributed by atoms with van der Waals surface area (Å²) in [7, 11) is 0. The maximum atomic E-state index is 13.2. The maximum Gasteiger partial charge on any atom is 0.165 e. The van der Waals surface area contributed by atoms with E-state index in [9.17, 15) is 4.39 Å². The normalized spacial score (nSPS) is 10.5. The van der Waals surface area contributed by atoms with Gasteiger partial charge in [0.25, 0.3) is 0 Å². The Morgan fingerprint density at radius 2 is 2.11 bits per heavy atom. The Kier molecular flexibility index (Phi) is 4.72. The molecule has 0 spiro atoms. The fraction of sp³-hybridized carbons (Fsp3) is 0.308. The van der Waals surface area contributed by atoms with E-state index in [1.165, 1.54) is 6.07 Å². The second-order valence-corrected chi connectivity index (χ2v) is 3.80. The van der Waals surface area contributed by atoms with Gasteiger partial charge in [-0.05, 0) is 18.2 Å². The van der Waals surface area contributed by atoms with Gasteiger partial charge in [0.05, 0.1) is 6.54 Å². The van der Waals surface area contributed by atoms with Crippen molar-refractivity contribution in [2.24, 2.45) is 0 Å². The molecule has 0 fully saturated rings. The van der Waals surface area contributed by atoms with Gasteiger partial charge in [-0.15, -0.1) is 0 Å². The Morgan fingerprint density at radius 1 is 1.22 bits per heavy atom. The topological polar surface area (TPSA) is 39.1 Å². The molecule has 0 aliphatic carbocycles. The summed E-state index contributed by atoms with van der Waals surface area (Å²) < 4.78 is 20.4. The van der Waals surface area contributed by atoms with Gasteiger partial charge in [0.15, 0.2) is 11.6 Å². The molecule has 5 heteroatoms. The van der Waals surface area contributed by atoms with Crippen LogP contribution in [-0.4, -0.2) is 29.5 Å². The van der Waals surface area contributed by atoms with Crippen molar-refractivity contribution < 1.29 is 9.13 Å². The van der Waals surface area contributed by atoms with Gasteiger partial charge in [-0.25, -0.2) is 4.39 Å². The lowest BCUT2D eigenvalue weighted by Gasteiger charge is -2.08. The molecule has 0 unspecified atom stereocenters. The fourth-order valence-electron chi connectivity index (χ4n) is 1.55. The van der Waals surface area contributed by atoms with Crippen LogP contribution in [0.3, 0.4) is 0 Å². The lowest BCUT2D eigenvalue weighted by atomic mass is 10.3. The summed E-state index contributed by atoms with van der Waals surface area (Å²) in [4.78, 5) is 0. The van der Waals surface area contributed by atoms with Crippen LogP contribution in [-0.2, 0) is 6.54 Å². The second kappa shape index (κ2) is 6.76. The lowest BCUT2D eigenvalue weighted by Crippen LogP contribution is -2.25. The molecule has 0 bridgehead atoms. The van der Waals surface area contributed by atoms with Gasteiger partial charge in [-0.1, -0.05) is 12.1 Å². The lowest BCUT2D eigenvalue weighted by molar-refractivity contribution is 0.297. The van der Waals surface area contributed by atoms with Crippen molar-refractivity contribution in [1.29, 1.82) is 0 Å². The largest absolute Gasteiger partial charge is 0.489 e. The van der Waals surface area contributed by atoms with Gasteiger partial charge in [0, 0.05) is 25.5 Å². The van der Waals surface area contributed by atoms with E-state index in [-0.39, 0.29) is 5.82 Å². The third kappa shape index (κ3) is 3.85. The highest BCUT2D eigenvalue weighted by Crippen LogP contribution is 2.14. The van der Waals surface area contributed by atoms with Crippen LogP contribution < -0.4 is 10.1 Å². The van der Waals surface area contributed by atoms with E-state index >= 15 is 0 Å². The van der Waals surface area contributed by atoms with Crippen molar-refractivity contribution in [3.8, 4) is 5.75 Å². The van der Waals surface area contributed by atoms with Gasteiger partial charge in [0.2, 0.25) is 0 Å². The number of nitrogens with zero attached hydrogens (tertiary/aromatic N) is 2. The Bertz CT molecular complexity index is 459. The number of para-hydroxylation sites is 1. The molecule has 0 saturated heterocycles. The Balaban J connectivity index is 1.58. The molecule has 1 heterocycles. The molecule has 4 nitrogen and oxygen atoms in total. The van der Waals surface area contributed by atoms with E-state index in [1.54, 1.807) is 24.4 Å². The molecule has 0 aliphatic heterocycles. The van der Waals surface area contributed by atoms with Crippen LogP contribution in [0.15, 0.2) is 42.7 Å². The number of aromatic nitrogens is 2. The number of ether oxygens (including phenoxy) is 1. The fourth-order valence-corrected chi connectivity index (χ4v) is 1.55. The standard InChI is InChI=1S/C13H16FN3O/c14-12-4-1-2-5-13(12)18-11-8-15-7-10-17-9-3-6-16-17/h1-6,9,15H,7-8,10-11H2. The summed E-state index contributed by atoms with van der Waals surface area (Å²) in [5.74, 6) is -0.0274. The van der Waals surface area contributed by atoms with Crippen molar-refractivity contribution in [3.05, 3.63) is 48.5 Å². The third-order valence-electron chi connectivity index (χ3n) is 2.45. The van der Waals surface area contributed by atoms with E-state index in [0.717, 1.165) is 13.1 Å². The molecule has 0 aliphatic rings. The van der Waals surface area contributed by atoms with Gasteiger partial charge < -0.3 is 10.1 Å². The van der Waals surface area contributed by atoms with Crippen molar-refractivity contribution in [2.75, 3.05) is 19.7 Å². The first-order valence-corrected chi connectivity index (χ1v) is 5.92. The smallest absolute Gasteiger partial charge is 0.165 e. The second-order valence-electron chi connectivity index (χ2n) is 3.80. The molecule has 1 aromatic heterocycles. The number of benzene rings is 1. The highest BCUT2D eigenvalue weighted by Gasteiger charge is 2.00. The minimum atomic E-state index is -0.325. The zero-order valence-electron chi connectivity index (χ0n) is 10.1. The van der Waals surface area contributed by atoms with E-state index < -0.39 is 0 Å². The Morgan fingerprint density at radius 3 is 2.89 bits per heavy atom. The van der Waals surface area contributed by atoms with Crippen LogP contribution in [0, 0.1) is 5.82 Å². The molecule has 1 N–H and O–H groups in total. The molecule has 2 aromatic rings. The van der Waals surface area contributed by atoms with Crippen molar-refractivity contribution in [2.45, 2.75) is 6.54 Å². The van der Waals surface area contributed by atoms with Gasteiger partial charge in [-0.2, -0.15) is 5.10 Å². The minimum absolute atomic E-state index is 0.298. The van der Waals surface area contributed by atoms with E-state index in [2.05, 4.69) is 10.4 Å². The van der Waals surface area contributed by atoms with Crippen molar-refractivity contribution >= 4 is 0 Å². The predicted octanol–water partition coefficient (Wildman–Crippen LogP) is 1.69. The summed E-state index contributed by atoms with van der Waals surface area (Å²) in [6.07, 6.45) is 3.67. The maximum absolute atomic E-state index is 13.2. The average Bonchev–Trinajstić information content (AvgIpc) is 2.89. The van der Waals surface area contributed by atoms with Crippen molar-refractivity contribution in [1.82, 2.24) is 15.1 Å². The van der Waals surface area contributed by atoms with E-state index in [0.29, 0.717) is 18.9 Å². The van der Waals surface area contributed by atoms with Gasteiger partial charge in [-0.3, -0.25) is 4.68 Å². The number of halogens is 1. The first-order chi connectivity index (χ1) is 8.86. The van der Waals surface area contributed by atoms with Crippen LogP contribution in [0.1, 0.15) is 0 Å². The molecule has 1 aromatic carbocycles. The quantitative estimate of drug-likeness (QED) is 0.759. The molecule has 0 radical (unpaired) electrons. The summed E-state index contributed by atoms with van der Waals surface area (Å²) in [6, 6.07) is 8.30. The Labute approximate surface area is 105 Å². The number of hydrogen-bond acceptors (Lipinski definition) is 3. The average molecular weight is 249 g/mol. The predicted molar refractivity (Wildman–Crippen MR) is 67.0 cm³/mol. The summed E-state index contributed by atoms with van der Waals surface area (Å²) >= 11 is 0. The SMILES string of the molecule is Fc1ccccc1OCCNCCn1cccn1. The third-order valence-corrected chi connectivity index (χ3v) is 2.45. The van der Waals surface area contributed by atoms with Crippen molar-refractivity contribution in [3.63, 3.8) is 0 Å². The van der Waals surface area contributed by atoms with Gasteiger partial charge >= 0.3 is 0 Å². The highest BCUT2D eigenvalue weighted by atomic mass is 19.1. The van der Waals surface area contributed by atoms with Crippen LogP contribution in [0.5, 0.6) is 5.75 Å². The zero-order chi connectivity index (χ0) is 12.6. The van der Waals surface area contributed by atoms with Crippen LogP contribution in [0.25, 0.3) is 0 Å². The van der Waals surface area contributed by atoms with E-state index in [1.807, 2.05) is 16.9 Å². The zero-order valence-corrected chi connectivity index (χ0v) is 10.1. The molecule has 0 amide bonds. The monoisotopic (exact) mass is 249 g/mol. The number of hydrogen-bond donors (Lipinski definition) is 1. The molecule has 2 rings (SSSR count). The molecule has 0 saturated carbocycles. The first-order valence-electron chi connectivity index (χ1n) is 5.92. The number of rotatable bonds is 7. The highest BCUT2D eigenvalue weighted by molar-refractivity contribution is 5.23. The van der Waals surface area contributed by atoms with Crippen LogP contribution in [0.4, 0.5) is 4.39 Å². The van der Waals surface area contributed by atoms with Crippen LogP contribution >= 0.6 is 0 Å². The minimum Gasteiger partial charge on any atom is -0.489 e. The molecule has 18 heavy (non-hydrogen) atoms. The molecular weight excluding hydrogens is 233 g/mol. The van der Waals surface area contributed by atoms with Gasteiger partial charge in [0.1, 0.15) is 6.61 Å². The summed E-state index contributed by atoms with van der Waals surface area (Å²) in [5.41, 5.74) is 0. The van der Waals surface area contributed by atoms with Crippen LogP contribution in [0.2, 0.25) is 0 Å². The van der Waals surface area contributed by atoms with E-state index in [4.69, 9.17) is 4.74 Å². The number of nitrogens with one attached hydrogen (secondary N) is 1. The molecule has 96 valence electrons. The summed E-state index contributed by atoms with van der Waals surface area (Å²) in [5, 5.41) is 7.29. The summed E-state index contributed by atoms with van der Waals surface area (Å²) in [6.45, 7) is 2.74. The molecule has 0 atom stereocenters. The first kappa shape index (κ1) is 12.6. The Hall–Kier alpha value is -1.88. The molecular formula is C13H16FN3O.